The van der Waals surface area contributed by atoms with Crippen molar-refractivity contribution in [2.45, 2.75) is 13.8 Å². The molecule has 2 amide bonds. The molecule has 0 aliphatic rings. The normalized spacial score (nSPS) is 10.2. The first kappa shape index (κ1) is 17.3. The lowest BCUT2D eigenvalue weighted by Gasteiger charge is -2.12. The summed E-state index contributed by atoms with van der Waals surface area (Å²) < 4.78 is 0. The summed E-state index contributed by atoms with van der Waals surface area (Å²) in [6.07, 6.45) is 3.20. The number of aromatic nitrogens is 2. The Labute approximate surface area is 151 Å². The second-order valence-electron chi connectivity index (χ2n) is 5.79. The Morgan fingerprint density at radius 1 is 0.692 bits per heavy atom. The third-order valence-corrected chi connectivity index (χ3v) is 3.90. The van der Waals surface area contributed by atoms with Crippen LogP contribution in [0.2, 0.25) is 0 Å². The molecule has 0 aliphatic heterocycles. The molecule has 0 radical (unpaired) electrons. The number of rotatable bonds is 4. The molecule has 0 bridgehead atoms. The number of hydrogen-bond donors (Lipinski definition) is 2. The molecule has 2 heterocycles. The molecule has 2 aromatic heterocycles. The highest BCUT2D eigenvalue weighted by atomic mass is 16.2. The average molecular weight is 346 g/mol. The number of pyridine rings is 2. The third-order valence-electron chi connectivity index (χ3n) is 3.90. The van der Waals surface area contributed by atoms with Gasteiger partial charge in [0.2, 0.25) is 0 Å². The number of carbonyl (C=O) groups is 2. The van der Waals surface area contributed by atoms with Gasteiger partial charge >= 0.3 is 0 Å². The number of hydrogen-bond acceptors (Lipinski definition) is 4. The van der Waals surface area contributed by atoms with E-state index in [1.54, 1.807) is 48.8 Å². The molecule has 6 nitrogen and oxygen atoms in total. The van der Waals surface area contributed by atoms with Crippen LogP contribution in [0.3, 0.4) is 0 Å². The smallest absolute Gasteiger partial charge is 0.257 e. The quantitative estimate of drug-likeness (QED) is 0.756. The highest BCUT2D eigenvalue weighted by Crippen LogP contribution is 2.17. The summed E-state index contributed by atoms with van der Waals surface area (Å²) >= 11 is 0. The lowest BCUT2D eigenvalue weighted by molar-refractivity contribution is 0.0990. The van der Waals surface area contributed by atoms with Crippen molar-refractivity contribution in [1.29, 1.82) is 0 Å². The highest BCUT2D eigenvalue weighted by molar-refractivity contribution is 6.15. The van der Waals surface area contributed by atoms with E-state index in [2.05, 4.69) is 20.6 Å². The molecule has 0 spiro atoms. The van der Waals surface area contributed by atoms with E-state index in [4.69, 9.17) is 0 Å². The zero-order valence-electron chi connectivity index (χ0n) is 14.5. The van der Waals surface area contributed by atoms with Crippen LogP contribution in [0.4, 0.5) is 11.6 Å². The maximum atomic E-state index is 12.7. The zero-order chi connectivity index (χ0) is 18.5. The molecule has 0 fully saturated rings. The molecule has 26 heavy (non-hydrogen) atoms. The fourth-order valence-corrected chi connectivity index (χ4v) is 2.46. The number of nitrogens with one attached hydrogen (secondary N) is 2. The van der Waals surface area contributed by atoms with Gasteiger partial charge in [-0.3, -0.25) is 9.59 Å². The Morgan fingerprint density at radius 3 is 1.50 bits per heavy atom. The standard InChI is InChI=1S/C20H18N4O2/c1-13-7-5-11-21-17(13)23-19(25)15-9-3-4-10-16(15)20(26)24-18-14(2)8-6-12-22-18/h3-12H,1-2H3,(H,21,23,25)(H,22,24,26). The van der Waals surface area contributed by atoms with E-state index in [1.165, 1.54) is 0 Å². The monoisotopic (exact) mass is 346 g/mol. The van der Waals surface area contributed by atoms with Crippen molar-refractivity contribution in [2.75, 3.05) is 10.6 Å². The highest BCUT2D eigenvalue weighted by Gasteiger charge is 2.18. The maximum absolute atomic E-state index is 12.7. The van der Waals surface area contributed by atoms with Gasteiger partial charge < -0.3 is 10.6 Å². The van der Waals surface area contributed by atoms with Crippen LogP contribution in [0, 0.1) is 13.8 Å². The van der Waals surface area contributed by atoms with E-state index >= 15 is 0 Å². The summed E-state index contributed by atoms with van der Waals surface area (Å²) in [6.45, 7) is 3.70. The van der Waals surface area contributed by atoms with Crippen LogP contribution < -0.4 is 10.6 Å². The van der Waals surface area contributed by atoms with Crippen LogP contribution in [0.1, 0.15) is 31.8 Å². The topological polar surface area (TPSA) is 84.0 Å². The van der Waals surface area contributed by atoms with Gasteiger partial charge in [0.25, 0.3) is 11.8 Å². The fourth-order valence-electron chi connectivity index (χ4n) is 2.46. The van der Waals surface area contributed by atoms with E-state index < -0.39 is 11.8 Å². The molecule has 3 aromatic rings. The number of amides is 2. The van der Waals surface area contributed by atoms with Crippen molar-refractivity contribution in [1.82, 2.24) is 9.97 Å². The number of nitrogens with zero attached hydrogens (tertiary/aromatic N) is 2. The number of benzene rings is 1. The first-order chi connectivity index (χ1) is 12.6. The van der Waals surface area contributed by atoms with Gasteiger partial charge in [-0.2, -0.15) is 0 Å². The molecule has 2 N–H and O–H groups in total. The van der Waals surface area contributed by atoms with E-state index in [1.807, 2.05) is 26.0 Å². The van der Waals surface area contributed by atoms with Gasteiger partial charge in [-0.05, 0) is 49.2 Å². The summed E-state index contributed by atoms with van der Waals surface area (Å²) in [5.74, 6) is 0.146. The Morgan fingerprint density at radius 2 is 1.12 bits per heavy atom. The largest absolute Gasteiger partial charge is 0.306 e. The molecule has 0 unspecified atom stereocenters. The summed E-state index contributed by atoms with van der Waals surface area (Å²) in [7, 11) is 0. The number of anilines is 2. The maximum Gasteiger partial charge on any atom is 0.257 e. The van der Waals surface area contributed by atoms with Gasteiger partial charge in [0.15, 0.2) is 0 Å². The van der Waals surface area contributed by atoms with Gasteiger partial charge in [-0.1, -0.05) is 24.3 Å². The van der Waals surface area contributed by atoms with E-state index in [9.17, 15) is 9.59 Å². The minimum atomic E-state index is -0.393. The van der Waals surface area contributed by atoms with Gasteiger partial charge in [0.1, 0.15) is 11.6 Å². The van der Waals surface area contributed by atoms with Gasteiger partial charge in [-0.15, -0.1) is 0 Å². The minimum Gasteiger partial charge on any atom is -0.306 e. The van der Waals surface area contributed by atoms with Gasteiger partial charge in [-0.25, -0.2) is 9.97 Å². The van der Waals surface area contributed by atoms with Gasteiger partial charge in [0, 0.05) is 12.4 Å². The Kier molecular flexibility index (Phi) is 5.03. The molecule has 0 saturated carbocycles. The first-order valence-corrected chi connectivity index (χ1v) is 8.11. The Balaban J connectivity index is 1.86. The number of aryl methyl sites for hydroxylation is 2. The van der Waals surface area contributed by atoms with Gasteiger partial charge in [0.05, 0.1) is 11.1 Å². The molecule has 0 aliphatic carbocycles. The van der Waals surface area contributed by atoms with Crippen LogP contribution in [0.15, 0.2) is 60.9 Å². The molecule has 3 rings (SSSR count). The summed E-state index contributed by atoms with van der Waals surface area (Å²) in [5.41, 5.74) is 2.21. The minimum absolute atomic E-state index is 0.267. The van der Waals surface area contributed by atoms with Crippen LogP contribution >= 0.6 is 0 Å². The predicted octanol–water partition coefficient (Wildman–Crippen LogP) is 3.60. The van der Waals surface area contributed by atoms with Crippen LogP contribution in [-0.2, 0) is 0 Å². The van der Waals surface area contributed by atoms with E-state index in [0.29, 0.717) is 11.6 Å². The Hall–Kier alpha value is -3.54. The van der Waals surface area contributed by atoms with Crippen molar-refractivity contribution in [3.63, 3.8) is 0 Å². The third kappa shape index (κ3) is 3.75. The van der Waals surface area contributed by atoms with Crippen LogP contribution in [0.25, 0.3) is 0 Å². The summed E-state index contributed by atoms with van der Waals surface area (Å²) in [4.78, 5) is 33.6. The predicted molar refractivity (Wildman–Crippen MR) is 100 cm³/mol. The zero-order valence-corrected chi connectivity index (χ0v) is 14.5. The summed E-state index contributed by atoms with van der Waals surface area (Å²) in [5, 5.41) is 5.50. The van der Waals surface area contributed by atoms with E-state index in [-0.39, 0.29) is 11.1 Å². The molecular formula is C20H18N4O2. The lowest BCUT2D eigenvalue weighted by atomic mass is 10.1. The van der Waals surface area contributed by atoms with Crippen molar-refractivity contribution in [3.8, 4) is 0 Å². The fraction of sp³-hybridized carbons (Fsp3) is 0.100. The van der Waals surface area contributed by atoms with Crippen molar-refractivity contribution in [2.24, 2.45) is 0 Å². The molecular weight excluding hydrogens is 328 g/mol. The lowest BCUT2D eigenvalue weighted by Crippen LogP contribution is -2.21. The molecule has 0 saturated heterocycles. The second kappa shape index (κ2) is 7.57. The molecule has 0 atom stereocenters. The molecule has 130 valence electrons. The molecule has 6 heteroatoms. The van der Waals surface area contributed by atoms with Crippen molar-refractivity contribution in [3.05, 3.63) is 83.2 Å². The Bertz CT molecular complexity index is 891. The molecule has 1 aromatic carbocycles. The van der Waals surface area contributed by atoms with Crippen LogP contribution in [0.5, 0.6) is 0 Å². The van der Waals surface area contributed by atoms with Crippen molar-refractivity contribution < 1.29 is 9.59 Å². The first-order valence-electron chi connectivity index (χ1n) is 8.11. The van der Waals surface area contributed by atoms with E-state index in [0.717, 1.165) is 11.1 Å². The average Bonchev–Trinajstić information content (AvgIpc) is 2.65. The number of carbonyl (C=O) groups excluding carboxylic acids is 2. The SMILES string of the molecule is Cc1cccnc1NC(=O)c1ccccc1C(=O)Nc1ncccc1C. The second-order valence-corrected chi connectivity index (χ2v) is 5.79. The van der Waals surface area contributed by atoms with Crippen molar-refractivity contribution >= 4 is 23.5 Å². The summed E-state index contributed by atoms with van der Waals surface area (Å²) in [6, 6.07) is 13.9. The van der Waals surface area contributed by atoms with Crippen LogP contribution in [-0.4, -0.2) is 21.8 Å².